The Hall–Kier alpha value is -1.59. The van der Waals surface area contributed by atoms with E-state index in [-0.39, 0.29) is 5.91 Å². The lowest BCUT2D eigenvalue weighted by Gasteiger charge is -2.10. The number of methoxy groups -OCH3 is 1. The summed E-state index contributed by atoms with van der Waals surface area (Å²) in [5.41, 5.74) is 0.625. The number of amides is 1. The molecule has 1 aromatic rings. The highest BCUT2D eigenvalue weighted by Gasteiger charge is 2.07. The molecule has 21 heavy (non-hydrogen) atoms. The molecule has 0 aliphatic carbocycles. The summed E-state index contributed by atoms with van der Waals surface area (Å²) in [6.45, 7) is 7.59. The summed E-state index contributed by atoms with van der Waals surface area (Å²) in [6.07, 6.45) is 0. The summed E-state index contributed by atoms with van der Waals surface area (Å²) < 4.78 is 10.6. The van der Waals surface area contributed by atoms with E-state index in [0.29, 0.717) is 37.0 Å². The Morgan fingerprint density at radius 1 is 1.24 bits per heavy atom. The molecule has 1 aromatic carbocycles. The van der Waals surface area contributed by atoms with Crippen LogP contribution in [0.3, 0.4) is 0 Å². The van der Waals surface area contributed by atoms with Gasteiger partial charge in [0.15, 0.2) is 0 Å². The smallest absolute Gasteiger partial charge is 0.251 e. The second-order valence-electron chi connectivity index (χ2n) is 5.22. The summed E-state index contributed by atoms with van der Waals surface area (Å²) in [6, 6.07) is 7.25. The highest BCUT2D eigenvalue weighted by Crippen LogP contribution is 2.13. The van der Waals surface area contributed by atoms with E-state index in [9.17, 15) is 4.79 Å². The second-order valence-corrected chi connectivity index (χ2v) is 5.22. The van der Waals surface area contributed by atoms with Gasteiger partial charge < -0.3 is 20.1 Å². The van der Waals surface area contributed by atoms with Gasteiger partial charge in [0, 0.05) is 32.3 Å². The molecule has 0 bridgehead atoms. The standard InChI is InChI=1S/C16H26N2O3/c1-13(2)12-18-16(19)14-5-4-6-15(11-14)21-10-8-17-7-9-20-3/h4-6,11,13,17H,7-10,12H2,1-3H3,(H,18,19). The van der Waals surface area contributed by atoms with Crippen LogP contribution in [0.5, 0.6) is 5.75 Å². The minimum absolute atomic E-state index is 0.0626. The maximum absolute atomic E-state index is 12.0. The molecule has 0 spiro atoms. The molecule has 0 radical (unpaired) electrons. The van der Waals surface area contributed by atoms with Crippen LogP contribution in [0.25, 0.3) is 0 Å². The Morgan fingerprint density at radius 3 is 2.71 bits per heavy atom. The predicted molar refractivity (Wildman–Crippen MR) is 83.9 cm³/mol. The third kappa shape index (κ3) is 7.68. The predicted octanol–water partition coefficient (Wildman–Crippen LogP) is 1.69. The molecule has 118 valence electrons. The van der Waals surface area contributed by atoms with Gasteiger partial charge in [0.05, 0.1) is 6.61 Å². The van der Waals surface area contributed by atoms with Gasteiger partial charge in [-0.25, -0.2) is 0 Å². The summed E-state index contributed by atoms with van der Waals surface area (Å²) in [5, 5.41) is 6.09. The lowest BCUT2D eigenvalue weighted by Crippen LogP contribution is -2.27. The highest BCUT2D eigenvalue weighted by molar-refractivity contribution is 5.94. The van der Waals surface area contributed by atoms with Crippen molar-refractivity contribution in [3.05, 3.63) is 29.8 Å². The average molecular weight is 294 g/mol. The van der Waals surface area contributed by atoms with Gasteiger partial charge in [0.2, 0.25) is 0 Å². The molecule has 0 unspecified atom stereocenters. The van der Waals surface area contributed by atoms with Crippen LogP contribution in [-0.4, -0.2) is 45.9 Å². The lowest BCUT2D eigenvalue weighted by molar-refractivity contribution is 0.0948. The number of ether oxygens (including phenoxy) is 2. The number of benzene rings is 1. The molecular formula is C16H26N2O3. The Labute approximate surface area is 127 Å². The van der Waals surface area contributed by atoms with Crippen molar-refractivity contribution in [1.82, 2.24) is 10.6 Å². The number of carbonyl (C=O) groups excluding carboxylic acids is 1. The molecule has 5 nitrogen and oxygen atoms in total. The van der Waals surface area contributed by atoms with Crippen molar-refractivity contribution in [3.8, 4) is 5.75 Å². The fourth-order valence-corrected chi connectivity index (χ4v) is 1.67. The van der Waals surface area contributed by atoms with Crippen molar-refractivity contribution in [3.63, 3.8) is 0 Å². The maximum Gasteiger partial charge on any atom is 0.251 e. The van der Waals surface area contributed by atoms with Crippen LogP contribution in [0.2, 0.25) is 0 Å². The van der Waals surface area contributed by atoms with Crippen LogP contribution in [0.15, 0.2) is 24.3 Å². The highest BCUT2D eigenvalue weighted by atomic mass is 16.5. The average Bonchev–Trinajstić information content (AvgIpc) is 2.48. The Kier molecular flexibility index (Phi) is 8.47. The van der Waals surface area contributed by atoms with Crippen molar-refractivity contribution in [2.45, 2.75) is 13.8 Å². The molecule has 0 aromatic heterocycles. The quantitative estimate of drug-likeness (QED) is 0.645. The third-order valence-corrected chi connectivity index (χ3v) is 2.80. The molecule has 0 aliphatic rings. The Morgan fingerprint density at radius 2 is 2.00 bits per heavy atom. The molecule has 0 aliphatic heterocycles. The van der Waals surface area contributed by atoms with Crippen LogP contribution in [0, 0.1) is 5.92 Å². The first kappa shape index (κ1) is 17.5. The molecule has 0 heterocycles. The van der Waals surface area contributed by atoms with E-state index < -0.39 is 0 Å². The van der Waals surface area contributed by atoms with Crippen LogP contribution in [0.1, 0.15) is 24.2 Å². The van der Waals surface area contributed by atoms with Crippen molar-refractivity contribution >= 4 is 5.91 Å². The molecular weight excluding hydrogens is 268 g/mol. The molecule has 5 heteroatoms. The fourth-order valence-electron chi connectivity index (χ4n) is 1.67. The maximum atomic E-state index is 12.0. The van der Waals surface area contributed by atoms with Crippen LogP contribution >= 0.6 is 0 Å². The van der Waals surface area contributed by atoms with Gasteiger partial charge >= 0.3 is 0 Å². The monoisotopic (exact) mass is 294 g/mol. The zero-order valence-electron chi connectivity index (χ0n) is 13.1. The van der Waals surface area contributed by atoms with Crippen molar-refractivity contribution < 1.29 is 14.3 Å². The largest absolute Gasteiger partial charge is 0.492 e. The first-order valence-electron chi connectivity index (χ1n) is 7.34. The molecule has 2 N–H and O–H groups in total. The zero-order chi connectivity index (χ0) is 15.5. The summed E-state index contributed by atoms with van der Waals surface area (Å²) in [7, 11) is 1.67. The summed E-state index contributed by atoms with van der Waals surface area (Å²) in [5.74, 6) is 1.08. The first-order valence-corrected chi connectivity index (χ1v) is 7.34. The van der Waals surface area contributed by atoms with Gasteiger partial charge in [-0.15, -0.1) is 0 Å². The number of nitrogens with one attached hydrogen (secondary N) is 2. The topological polar surface area (TPSA) is 59.6 Å². The summed E-state index contributed by atoms with van der Waals surface area (Å²) >= 11 is 0. The molecule has 0 atom stereocenters. The van der Waals surface area contributed by atoms with Crippen LogP contribution in [-0.2, 0) is 4.74 Å². The second kappa shape index (κ2) is 10.2. The number of hydrogen-bond donors (Lipinski definition) is 2. The normalized spacial score (nSPS) is 10.7. The van der Waals surface area contributed by atoms with Gasteiger partial charge in [0.25, 0.3) is 5.91 Å². The van der Waals surface area contributed by atoms with E-state index in [1.165, 1.54) is 0 Å². The minimum Gasteiger partial charge on any atom is -0.492 e. The number of carbonyl (C=O) groups is 1. The van der Waals surface area contributed by atoms with Crippen molar-refractivity contribution in [1.29, 1.82) is 0 Å². The molecule has 1 rings (SSSR count). The van der Waals surface area contributed by atoms with Gasteiger partial charge in [-0.3, -0.25) is 4.79 Å². The van der Waals surface area contributed by atoms with E-state index in [1.54, 1.807) is 19.2 Å². The van der Waals surface area contributed by atoms with Gasteiger partial charge in [-0.1, -0.05) is 19.9 Å². The first-order chi connectivity index (χ1) is 10.1. The van der Waals surface area contributed by atoms with Gasteiger partial charge in [-0.2, -0.15) is 0 Å². The number of rotatable bonds is 10. The fraction of sp³-hybridized carbons (Fsp3) is 0.562. The lowest BCUT2D eigenvalue weighted by atomic mass is 10.2. The third-order valence-electron chi connectivity index (χ3n) is 2.80. The zero-order valence-corrected chi connectivity index (χ0v) is 13.1. The van der Waals surface area contributed by atoms with E-state index in [1.807, 2.05) is 12.1 Å². The van der Waals surface area contributed by atoms with Crippen LogP contribution < -0.4 is 15.4 Å². The van der Waals surface area contributed by atoms with Crippen LogP contribution in [0.4, 0.5) is 0 Å². The molecule has 0 fully saturated rings. The molecule has 0 saturated heterocycles. The van der Waals surface area contributed by atoms with E-state index in [4.69, 9.17) is 9.47 Å². The minimum atomic E-state index is -0.0626. The van der Waals surface area contributed by atoms with E-state index >= 15 is 0 Å². The van der Waals surface area contributed by atoms with Crippen molar-refractivity contribution in [2.24, 2.45) is 5.92 Å². The SMILES string of the molecule is COCCNCCOc1cccc(C(=O)NCC(C)C)c1. The van der Waals surface area contributed by atoms with E-state index in [0.717, 1.165) is 13.1 Å². The molecule has 0 saturated carbocycles. The van der Waals surface area contributed by atoms with Gasteiger partial charge in [0.1, 0.15) is 12.4 Å². The van der Waals surface area contributed by atoms with E-state index in [2.05, 4.69) is 24.5 Å². The Bertz CT molecular complexity index is 422. The van der Waals surface area contributed by atoms with Crippen molar-refractivity contribution in [2.75, 3.05) is 40.0 Å². The molecule has 1 amide bonds. The Balaban J connectivity index is 2.36. The van der Waals surface area contributed by atoms with Gasteiger partial charge in [-0.05, 0) is 24.1 Å². The number of hydrogen-bond acceptors (Lipinski definition) is 4. The summed E-state index contributed by atoms with van der Waals surface area (Å²) in [4.78, 5) is 12.0.